The summed E-state index contributed by atoms with van der Waals surface area (Å²) in [5, 5.41) is 3.26. The molecule has 1 aliphatic heterocycles. The number of aromatic nitrogens is 1. The number of nitrogens with zero attached hydrogens (tertiary/aromatic N) is 2. The van der Waals surface area contributed by atoms with Crippen LogP contribution in [-0.2, 0) is 16.1 Å². The van der Waals surface area contributed by atoms with Crippen molar-refractivity contribution in [2.45, 2.75) is 33.4 Å². The fourth-order valence-corrected chi connectivity index (χ4v) is 2.27. The number of ether oxygens (including phenoxy) is 1. The van der Waals surface area contributed by atoms with E-state index in [1.165, 1.54) is 0 Å². The van der Waals surface area contributed by atoms with E-state index in [9.17, 15) is 4.79 Å². The summed E-state index contributed by atoms with van der Waals surface area (Å²) in [6.45, 7) is 8.98. The van der Waals surface area contributed by atoms with E-state index in [1.807, 2.05) is 25.7 Å². The van der Waals surface area contributed by atoms with E-state index in [1.54, 1.807) is 6.20 Å². The summed E-state index contributed by atoms with van der Waals surface area (Å²) < 4.78 is 10.7. The van der Waals surface area contributed by atoms with Gasteiger partial charge in [-0.3, -0.25) is 10.1 Å². The number of hydrogen-bond donors (Lipinski definition) is 1. The van der Waals surface area contributed by atoms with Crippen LogP contribution in [0.3, 0.4) is 0 Å². The van der Waals surface area contributed by atoms with E-state index in [2.05, 4.69) is 10.3 Å². The quantitative estimate of drug-likeness (QED) is 0.870. The molecule has 2 heterocycles. The Bertz CT molecular complexity index is 439. The van der Waals surface area contributed by atoms with Crippen molar-refractivity contribution in [1.29, 1.82) is 0 Å². The van der Waals surface area contributed by atoms with Crippen molar-refractivity contribution in [3.05, 3.63) is 17.8 Å². The minimum Gasteiger partial charge on any atom is -0.445 e. The van der Waals surface area contributed by atoms with E-state index < -0.39 is 0 Å². The third-order valence-corrected chi connectivity index (χ3v) is 3.40. The monoisotopic (exact) mass is 281 g/mol. The topological polar surface area (TPSA) is 67.6 Å². The highest BCUT2D eigenvalue weighted by Gasteiger charge is 2.28. The number of nitrogens with one attached hydrogen (secondary N) is 1. The van der Waals surface area contributed by atoms with E-state index in [-0.39, 0.29) is 17.9 Å². The van der Waals surface area contributed by atoms with Crippen LogP contribution in [0.2, 0.25) is 0 Å². The average molecular weight is 281 g/mol. The lowest BCUT2D eigenvalue weighted by atomic mass is 10.0. The molecular weight excluding hydrogens is 258 g/mol. The molecule has 0 aromatic carbocycles. The number of hydrogen-bond acceptors (Lipinski definition) is 5. The Morgan fingerprint density at radius 1 is 1.45 bits per heavy atom. The molecule has 20 heavy (non-hydrogen) atoms. The normalized spacial score (nSPS) is 17.5. The van der Waals surface area contributed by atoms with Gasteiger partial charge in [0.25, 0.3) is 0 Å². The van der Waals surface area contributed by atoms with Crippen molar-refractivity contribution in [2.24, 2.45) is 5.92 Å². The lowest BCUT2D eigenvalue weighted by Crippen LogP contribution is -2.52. The number of carbonyl (C=O) groups is 1. The van der Waals surface area contributed by atoms with Crippen molar-refractivity contribution in [3.63, 3.8) is 0 Å². The van der Waals surface area contributed by atoms with Gasteiger partial charge in [-0.15, -0.1) is 0 Å². The second-order valence-electron chi connectivity index (χ2n) is 5.40. The van der Waals surface area contributed by atoms with E-state index in [0.717, 1.165) is 5.76 Å². The Kier molecular flexibility index (Phi) is 5.14. The summed E-state index contributed by atoms with van der Waals surface area (Å²) in [5.74, 6) is 1.73. The molecule has 0 bridgehead atoms. The van der Waals surface area contributed by atoms with Crippen molar-refractivity contribution < 1.29 is 13.9 Å². The summed E-state index contributed by atoms with van der Waals surface area (Å²) in [6, 6.07) is -0.222. The smallest absolute Gasteiger partial charge is 0.240 e. The maximum atomic E-state index is 12.5. The van der Waals surface area contributed by atoms with Crippen LogP contribution in [-0.4, -0.2) is 48.1 Å². The van der Waals surface area contributed by atoms with Gasteiger partial charge in [-0.1, -0.05) is 13.8 Å². The first kappa shape index (κ1) is 15.0. The molecule has 1 aromatic heterocycles. The number of morpholine rings is 1. The summed E-state index contributed by atoms with van der Waals surface area (Å²) >= 11 is 0. The van der Waals surface area contributed by atoms with Gasteiger partial charge in [-0.05, 0) is 12.8 Å². The van der Waals surface area contributed by atoms with Gasteiger partial charge in [-0.2, -0.15) is 0 Å². The van der Waals surface area contributed by atoms with Crippen molar-refractivity contribution in [3.8, 4) is 0 Å². The molecule has 1 atom stereocenters. The van der Waals surface area contributed by atoms with E-state index >= 15 is 0 Å². The Morgan fingerprint density at radius 3 is 2.70 bits per heavy atom. The minimum atomic E-state index is -0.222. The SMILES string of the molecule is Cc1cnc(CNC(C(=O)N2CCOCC2)C(C)C)o1. The first-order chi connectivity index (χ1) is 9.58. The Hall–Kier alpha value is -1.40. The van der Waals surface area contributed by atoms with Crippen LogP contribution in [0.1, 0.15) is 25.5 Å². The van der Waals surface area contributed by atoms with Gasteiger partial charge in [0.1, 0.15) is 5.76 Å². The lowest BCUT2D eigenvalue weighted by molar-refractivity contribution is -0.138. The van der Waals surface area contributed by atoms with Crippen molar-refractivity contribution in [2.75, 3.05) is 26.3 Å². The standard InChI is InChI=1S/C14H23N3O3/c1-10(2)13(14(18)17-4-6-19-7-5-17)16-9-12-15-8-11(3)20-12/h8,10,13,16H,4-7,9H2,1-3H3. The molecule has 1 fully saturated rings. The molecule has 0 aliphatic carbocycles. The second kappa shape index (κ2) is 6.85. The van der Waals surface area contributed by atoms with Crippen LogP contribution < -0.4 is 5.32 Å². The van der Waals surface area contributed by atoms with Crippen LogP contribution in [0.15, 0.2) is 10.6 Å². The number of rotatable bonds is 5. The molecule has 6 nitrogen and oxygen atoms in total. The predicted octanol–water partition coefficient (Wildman–Crippen LogP) is 0.956. The molecule has 1 saturated heterocycles. The third-order valence-electron chi connectivity index (χ3n) is 3.40. The molecule has 1 N–H and O–H groups in total. The largest absolute Gasteiger partial charge is 0.445 e. The van der Waals surface area contributed by atoms with Gasteiger partial charge >= 0.3 is 0 Å². The van der Waals surface area contributed by atoms with Crippen LogP contribution in [0.25, 0.3) is 0 Å². The molecule has 1 aliphatic rings. The summed E-state index contributed by atoms with van der Waals surface area (Å²) in [7, 11) is 0. The lowest BCUT2D eigenvalue weighted by Gasteiger charge is -2.32. The highest BCUT2D eigenvalue weighted by atomic mass is 16.5. The fraction of sp³-hybridized carbons (Fsp3) is 0.714. The van der Waals surface area contributed by atoms with Crippen LogP contribution >= 0.6 is 0 Å². The van der Waals surface area contributed by atoms with Gasteiger partial charge in [0.15, 0.2) is 0 Å². The Morgan fingerprint density at radius 2 is 2.15 bits per heavy atom. The third kappa shape index (κ3) is 3.80. The van der Waals surface area contributed by atoms with Crippen LogP contribution in [0.4, 0.5) is 0 Å². The molecule has 0 saturated carbocycles. The maximum Gasteiger partial charge on any atom is 0.240 e. The van der Waals surface area contributed by atoms with Gasteiger partial charge in [0.05, 0.1) is 32.0 Å². The van der Waals surface area contributed by atoms with Crippen LogP contribution in [0, 0.1) is 12.8 Å². The van der Waals surface area contributed by atoms with Crippen molar-refractivity contribution >= 4 is 5.91 Å². The number of aryl methyl sites for hydroxylation is 1. The molecular formula is C14H23N3O3. The molecule has 1 unspecified atom stereocenters. The van der Waals surface area contributed by atoms with E-state index in [0.29, 0.717) is 38.7 Å². The highest BCUT2D eigenvalue weighted by molar-refractivity contribution is 5.82. The maximum absolute atomic E-state index is 12.5. The minimum absolute atomic E-state index is 0.131. The molecule has 1 amide bonds. The average Bonchev–Trinajstić information content (AvgIpc) is 2.85. The molecule has 2 rings (SSSR count). The Labute approximate surface area is 119 Å². The van der Waals surface area contributed by atoms with Gasteiger partial charge in [0, 0.05) is 13.1 Å². The van der Waals surface area contributed by atoms with Crippen LogP contribution in [0.5, 0.6) is 0 Å². The van der Waals surface area contributed by atoms with Gasteiger partial charge in [-0.25, -0.2) is 4.98 Å². The molecule has 1 aromatic rings. The molecule has 0 spiro atoms. The van der Waals surface area contributed by atoms with Crippen molar-refractivity contribution in [1.82, 2.24) is 15.2 Å². The second-order valence-corrected chi connectivity index (χ2v) is 5.40. The number of amides is 1. The predicted molar refractivity (Wildman–Crippen MR) is 74.1 cm³/mol. The fourth-order valence-electron chi connectivity index (χ4n) is 2.27. The summed E-state index contributed by atoms with van der Waals surface area (Å²) in [4.78, 5) is 18.5. The first-order valence-electron chi connectivity index (χ1n) is 7.09. The summed E-state index contributed by atoms with van der Waals surface area (Å²) in [6.07, 6.45) is 1.69. The van der Waals surface area contributed by atoms with Gasteiger partial charge < -0.3 is 14.1 Å². The summed E-state index contributed by atoms with van der Waals surface area (Å²) in [5.41, 5.74) is 0. The molecule has 112 valence electrons. The molecule has 0 radical (unpaired) electrons. The molecule has 6 heteroatoms. The zero-order valence-electron chi connectivity index (χ0n) is 12.4. The number of carbonyl (C=O) groups excluding carboxylic acids is 1. The zero-order valence-corrected chi connectivity index (χ0v) is 12.4. The first-order valence-corrected chi connectivity index (χ1v) is 7.09. The zero-order chi connectivity index (χ0) is 14.5. The number of oxazole rings is 1. The Balaban J connectivity index is 1.93. The van der Waals surface area contributed by atoms with E-state index in [4.69, 9.17) is 9.15 Å². The highest BCUT2D eigenvalue weighted by Crippen LogP contribution is 2.10. The van der Waals surface area contributed by atoms with Gasteiger partial charge in [0.2, 0.25) is 11.8 Å².